The summed E-state index contributed by atoms with van der Waals surface area (Å²) in [5.41, 5.74) is 0.112. The highest BCUT2D eigenvalue weighted by atomic mass is 79.9. The third-order valence-electron chi connectivity index (χ3n) is 2.89. The molecule has 0 aromatic heterocycles. The van der Waals surface area contributed by atoms with E-state index in [1.807, 2.05) is 6.92 Å². The molecule has 0 aliphatic rings. The second-order valence-electron chi connectivity index (χ2n) is 4.58. The van der Waals surface area contributed by atoms with E-state index in [4.69, 9.17) is 5.11 Å². The number of rotatable bonds is 7. The van der Waals surface area contributed by atoms with Crippen molar-refractivity contribution in [1.29, 1.82) is 0 Å². The standard InChI is InChI=1S/C13H17BrN2O4/c1-9(8-17)4-3-7-15-13(18)10-5-2-6-11(12(10)14)16(19)20/h2,5-6,9,17H,3-4,7-8H2,1H3,(H,15,18). The van der Waals surface area contributed by atoms with Crippen LogP contribution in [0.5, 0.6) is 0 Å². The molecule has 0 bridgehead atoms. The number of hydrogen-bond donors (Lipinski definition) is 2. The number of aliphatic hydroxyl groups excluding tert-OH is 1. The van der Waals surface area contributed by atoms with Crippen LogP contribution in [0.3, 0.4) is 0 Å². The van der Waals surface area contributed by atoms with Gasteiger partial charge in [0.05, 0.1) is 10.5 Å². The van der Waals surface area contributed by atoms with E-state index in [0.29, 0.717) is 6.54 Å². The first-order valence-electron chi connectivity index (χ1n) is 6.29. The Morgan fingerprint density at radius 2 is 2.25 bits per heavy atom. The number of nitrogens with one attached hydrogen (secondary N) is 1. The summed E-state index contributed by atoms with van der Waals surface area (Å²) >= 11 is 3.09. The Kier molecular flexibility index (Phi) is 6.60. The first-order valence-corrected chi connectivity index (χ1v) is 7.08. The minimum Gasteiger partial charge on any atom is -0.396 e. The van der Waals surface area contributed by atoms with Crippen LogP contribution in [-0.2, 0) is 0 Å². The van der Waals surface area contributed by atoms with Crippen LogP contribution in [-0.4, -0.2) is 29.1 Å². The molecule has 110 valence electrons. The predicted molar refractivity (Wildman–Crippen MR) is 78.6 cm³/mol. The third-order valence-corrected chi connectivity index (χ3v) is 3.72. The molecule has 1 amide bonds. The molecule has 2 N–H and O–H groups in total. The Morgan fingerprint density at radius 1 is 1.55 bits per heavy atom. The summed E-state index contributed by atoms with van der Waals surface area (Å²) in [5, 5.41) is 22.4. The number of carbonyl (C=O) groups is 1. The van der Waals surface area contributed by atoms with Crippen molar-refractivity contribution in [3.8, 4) is 0 Å². The van der Waals surface area contributed by atoms with E-state index in [2.05, 4.69) is 21.2 Å². The van der Waals surface area contributed by atoms with Gasteiger partial charge in [0.2, 0.25) is 0 Å². The Morgan fingerprint density at radius 3 is 2.85 bits per heavy atom. The van der Waals surface area contributed by atoms with Gasteiger partial charge in [-0.25, -0.2) is 0 Å². The Labute approximate surface area is 125 Å². The summed E-state index contributed by atoms with van der Waals surface area (Å²) in [6.07, 6.45) is 1.56. The zero-order chi connectivity index (χ0) is 15.1. The highest BCUT2D eigenvalue weighted by molar-refractivity contribution is 9.10. The van der Waals surface area contributed by atoms with Crippen LogP contribution in [0.1, 0.15) is 30.1 Å². The highest BCUT2D eigenvalue weighted by Crippen LogP contribution is 2.28. The van der Waals surface area contributed by atoms with Crippen LogP contribution in [0.2, 0.25) is 0 Å². The Balaban J connectivity index is 2.60. The number of nitro groups is 1. The van der Waals surface area contributed by atoms with Crippen LogP contribution in [0.4, 0.5) is 5.69 Å². The number of nitro benzene ring substituents is 1. The molecule has 1 aromatic rings. The van der Waals surface area contributed by atoms with E-state index in [0.717, 1.165) is 12.8 Å². The second-order valence-corrected chi connectivity index (χ2v) is 5.37. The molecule has 7 heteroatoms. The molecule has 0 aliphatic heterocycles. The number of benzene rings is 1. The topological polar surface area (TPSA) is 92.5 Å². The van der Waals surface area contributed by atoms with E-state index < -0.39 is 4.92 Å². The highest BCUT2D eigenvalue weighted by Gasteiger charge is 2.18. The average Bonchev–Trinajstić information content (AvgIpc) is 2.42. The maximum Gasteiger partial charge on any atom is 0.284 e. The number of carbonyl (C=O) groups excluding carboxylic acids is 1. The van der Waals surface area contributed by atoms with E-state index >= 15 is 0 Å². The fourth-order valence-corrected chi connectivity index (χ4v) is 2.26. The molecule has 0 fully saturated rings. The maximum absolute atomic E-state index is 11.9. The average molecular weight is 345 g/mol. The zero-order valence-corrected chi connectivity index (χ0v) is 12.7. The predicted octanol–water partition coefficient (Wildman–Crippen LogP) is 2.50. The Hall–Kier alpha value is -1.47. The normalized spacial score (nSPS) is 11.9. The molecule has 0 aliphatic carbocycles. The number of nitrogens with zero attached hydrogens (tertiary/aromatic N) is 1. The molecular weight excluding hydrogens is 328 g/mol. The van der Waals surface area contributed by atoms with Gasteiger partial charge in [-0.15, -0.1) is 0 Å². The van der Waals surface area contributed by atoms with Gasteiger partial charge in [0.25, 0.3) is 11.6 Å². The third kappa shape index (κ3) is 4.57. The molecule has 0 spiro atoms. The van der Waals surface area contributed by atoms with E-state index in [9.17, 15) is 14.9 Å². The quantitative estimate of drug-likeness (QED) is 0.451. The zero-order valence-electron chi connectivity index (χ0n) is 11.1. The van der Waals surface area contributed by atoms with Gasteiger partial charge in [0.15, 0.2) is 0 Å². The van der Waals surface area contributed by atoms with Gasteiger partial charge in [0, 0.05) is 19.2 Å². The molecule has 1 aromatic carbocycles. The van der Waals surface area contributed by atoms with Gasteiger partial charge in [0.1, 0.15) is 4.47 Å². The minimum atomic E-state index is -0.538. The lowest BCUT2D eigenvalue weighted by Crippen LogP contribution is -2.25. The second kappa shape index (κ2) is 7.96. The number of amides is 1. The summed E-state index contributed by atoms with van der Waals surface area (Å²) in [5.74, 6) is -0.145. The monoisotopic (exact) mass is 344 g/mol. The number of halogens is 1. The van der Waals surface area contributed by atoms with Crippen molar-refractivity contribution in [2.24, 2.45) is 5.92 Å². The first-order chi connectivity index (χ1) is 9.47. The van der Waals surface area contributed by atoms with Crippen molar-refractivity contribution in [3.63, 3.8) is 0 Å². The molecule has 1 atom stereocenters. The van der Waals surface area contributed by atoms with Crippen molar-refractivity contribution in [2.75, 3.05) is 13.2 Å². The molecule has 0 saturated carbocycles. The van der Waals surface area contributed by atoms with Gasteiger partial charge in [-0.3, -0.25) is 14.9 Å². The number of aliphatic hydroxyl groups is 1. The summed E-state index contributed by atoms with van der Waals surface area (Å²) in [7, 11) is 0. The first kappa shape index (κ1) is 16.6. The summed E-state index contributed by atoms with van der Waals surface area (Å²) in [4.78, 5) is 22.2. The van der Waals surface area contributed by atoms with Crippen LogP contribution < -0.4 is 5.32 Å². The fraction of sp³-hybridized carbons (Fsp3) is 0.462. The smallest absolute Gasteiger partial charge is 0.284 e. The van der Waals surface area contributed by atoms with Crippen molar-refractivity contribution in [1.82, 2.24) is 5.32 Å². The lowest BCUT2D eigenvalue weighted by molar-refractivity contribution is -0.385. The van der Waals surface area contributed by atoms with E-state index in [1.165, 1.54) is 18.2 Å². The van der Waals surface area contributed by atoms with Crippen LogP contribution in [0, 0.1) is 16.0 Å². The Bertz CT molecular complexity index is 493. The molecule has 1 unspecified atom stereocenters. The van der Waals surface area contributed by atoms with Crippen molar-refractivity contribution >= 4 is 27.5 Å². The van der Waals surface area contributed by atoms with E-state index in [-0.39, 0.29) is 34.2 Å². The summed E-state index contributed by atoms with van der Waals surface area (Å²) in [6, 6.07) is 4.35. The van der Waals surface area contributed by atoms with Crippen molar-refractivity contribution < 1.29 is 14.8 Å². The van der Waals surface area contributed by atoms with Crippen LogP contribution >= 0.6 is 15.9 Å². The van der Waals surface area contributed by atoms with Crippen molar-refractivity contribution in [3.05, 3.63) is 38.3 Å². The minimum absolute atomic E-state index is 0.129. The van der Waals surface area contributed by atoms with E-state index in [1.54, 1.807) is 0 Å². The lowest BCUT2D eigenvalue weighted by atomic mass is 10.1. The lowest BCUT2D eigenvalue weighted by Gasteiger charge is -2.09. The largest absolute Gasteiger partial charge is 0.396 e. The maximum atomic E-state index is 11.9. The summed E-state index contributed by atoms with van der Waals surface area (Å²) in [6.45, 7) is 2.53. The van der Waals surface area contributed by atoms with Gasteiger partial charge < -0.3 is 10.4 Å². The molecule has 20 heavy (non-hydrogen) atoms. The molecule has 1 rings (SSSR count). The number of hydrogen-bond acceptors (Lipinski definition) is 4. The van der Waals surface area contributed by atoms with Crippen molar-refractivity contribution in [2.45, 2.75) is 19.8 Å². The molecular formula is C13H17BrN2O4. The van der Waals surface area contributed by atoms with Crippen LogP contribution in [0.15, 0.2) is 22.7 Å². The van der Waals surface area contributed by atoms with Crippen LogP contribution in [0.25, 0.3) is 0 Å². The van der Waals surface area contributed by atoms with Gasteiger partial charge in [-0.1, -0.05) is 13.0 Å². The van der Waals surface area contributed by atoms with Gasteiger partial charge in [-0.05, 0) is 40.8 Å². The fourth-order valence-electron chi connectivity index (χ4n) is 1.68. The molecule has 0 radical (unpaired) electrons. The molecule has 6 nitrogen and oxygen atoms in total. The molecule has 0 saturated heterocycles. The van der Waals surface area contributed by atoms with Gasteiger partial charge in [-0.2, -0.15) is 0 Å². The SMILES string of the molecule is CC(CO)CCCNC(=O)c1cccc([N+](=O)[O-])c1Br. The molecule has 0 heterocycles. The van der Waals surface area contributed by atoms with Gasteiger partial charge >= 0.3 is 0 Å². The summed E-state index contributed by atoms with van der Waals surface area (Å²) < 4.78 is 0.186.